The number of alkyl halides is 2. The average molecular weight is 417 g/mol. The zero-order valence-corrected chi connectivity index (χ0v) is 15.2. The van der Waals surface area contributed by atoms with Gasteiger partial charge in [-0.1, -0.05) is 12.0 Å². The van der Waals surface area contributed by atoms with Gasteiger partial charge in [-0.05, 0) is 24.3 Å². The van der Waals surface area contributed by atoms with Crippen molar-refractivity contribution < 1.29 is 26.0 Å². The van der Waals surface area contributed by atoms with E-state index in [-0.39, 0.29) is 23.0 Å². The summed E-state index contributed by atoms with van der Waals surface area (Å²) in [6.45, 7) is 2.15. The van der Waals surface area contributed by atoms with E-state index in [1.54, 1.807) is 0 Å². The SMILES string of the molecule is CC1(Cn2c(=O)n(-c3nnc(C(F)F)o3)c3cc(S(N)(=O)=O)c(F)cc32)CC1. The summed E-state index contributed by atoms with van der Waals surface area (Å²) in [5, 5.41) is 11.6. The van der Waals surface area contributed by atoms with Crippen LogP contribution in [0, 0.1) is 11.2 Å². The molecular formula is C15H14F3N5O4S. The van der Waals surface area contributed by atoms with Crippen LogP contribution in [0.25, 0.3) is 17.0 Å². The normalized spacial score (nSPS) is 16.2. The lowest BCUT2D eigenvalue weighted by Crippen LogP contribution is -2.26. The van der Waals surface area contributed by atoms with E-state index in [9.17, 15) is 26.4 Å². The smallest absolute Gasteiger partial charge is 0.337 e. The fraction of sp³-hybridized carbons (Fsp3) is 0.400. The molecule has 1 aromatic carbocycles. The highest BCUT2D eigenvalue weighted by Gasteiger charge is 2.39. The fourth-order valence-corrected chi connectivity index (χ4v) is 3.57. The van der Waals surface area contributed by atoms with Crippen LogP contribution in [-0.2, 0) is 16.6 Å². The standard InChI is InChI=1S/C15H14F3N5O4S/c1-15(2-3-15)6-22-8-4-7(16)10(28(19,25)26)5-9(8)23(14(22)24)13-21-20-12(27-13)11(17)18/h4-5,11H,2-3,6H2,1H3,(H2,19,25,26). The van der Waals surface area contributed by atoms with E-state index in [1.165, 1.54) is 4.57 Å². The number of nitrogens with zero attached hydrogens (tertiary/aromatic N) is 4. The molecule has 3 aromatic rings. The van der Waals surface area contributed by atoms with Gasteiger partial charge in [0.05, 0.1) is 11.0 Å². The number of hydrogen-bond donors (Lipinski definition) is 1. The highest BCUT2D eigenvalue weighted by molar-refractivity contribution is 7.89. The molecule has 2 N–H and O–H groups in total. The van der Waals surface area contributed by atoms with Crippen molar-refractivity contribution in [2.45, 2.75) is 37.6 Å². The molecular weight excluding hydrogens is 403 g/mol. The zero-order valence-electron chi connectivity index (χ0n) is 14.4. The van der Waals surface area contributed by atoms with Crippen LogP contribution < -0.4 is 10.8 Å². The zero-order chi connectivity index (χ0) is 20.4. The molecule has 150 valence electrons. The number of rotatable bonds is 5. The van der Waals surface area contributed by atoms with Gasteiger partial charge in [0.1, 0.15) is 10.7 Å². The minimum atomic E-state index is -4.44. The van der Waals surface area contributed by atoms with Gasteiger partial charge in [-0.2, -0.15) is 8.78 Å². The van der Waals surface area contributed by atoms with Crippen molar-refractivity contribution in [2.75, 3.05) is 0 Å². The second-order valence-corrected chi connectivity index (χ2v) is 8.58. The van der Waals surface area contributed by atoms with Gasteiger partial charge in [-0.25, -0.2) is 27.3 Å². The van der Waals surface area contributed by atoms with Crippen molar-refractivity contribution >= 4 is 21.1 Å². The van der Waals surface area contributed by atoms with Gasteiger partial charge in [-0.15, -0.1) is 5.10 Å². The summed E-state index contributed by atoms with van der Waals surface area (Å²) in [7, 11) is -4.44. The van der Waals surface area contributed by atoms with Crippen LogP contribution in [0.3, 0.4) is 0 Å². The summed E-state index contributed by atoms with van der Waals surface area (Å²) >= 11 is 0. The Labute approximate surface area is 155 Å². The number of benzene rings is 1. The number of halogens is 3. The molecule has 1 aliphatic rings. The number of imidazole rings is 1. The van der Waals surface area contributed by atoms with Gasteiger partial charge >= 0.3 is 18.1 Å². The summed E-state index contributed by atoms with van der Waals surface area (Å²) in [5.41, 5.74) is -0.983. The molecule has 0 unspecified atom stereocenters. The Kier molecular flexibility index (Phi) is 3.94. The van der Waals surface area contributed by atoms with E-state index >= 15 is 0 Å². The Morgan fingerprint density at radius 3 is 2.50 bits per heavy atom. The topological polar surface area (TPSA) is 126 Å². The molecule has 0 spiro atoms. The summed E-state index contributed by atoms with van der Waals surface area (Å²) < 4.78 is 70.1. The largest absolute Gasteiger partial charge is 0.401 e. The predicted molar refractivity (Wildman–Crippen MR) is 89.0 cm³/mol. The average Bonchev–Trinajstić information content (AvgIpc) is 3.02. The first kappa shape index (κ1) is 18.7. The number of fused-ring (bicyclic) bond motifs is 1. The van der Waals surface area contributed by atoms with E-state index in [0.29, 0.717) is 0 Å². The minimum absolute atomic E-state index is 0.0554. The molecule has 1 saturated carbocycles. The Hall–Kier alpha value is -2.67. The maximum atomic E-state index is 14.4. The highest BCUT2D eigenvalue weighted by Crippen LogP contribution is 2.46. The Balaban J connectivity index is 2.03. The summed E-state index contributed by atoms with van der Waals surface area (Å²) in [5.74, 6) is -2.15. The minimum Gasteiger partial charge on any atom is -0.401 e. The molecule has 0 amide bonds. The van der Waals surface area contributed by atoms with E-state index < -0.39 is 44.8 Å². The number of nitrogens with two attached hydrogens (primary N) is 1. The third-order valence-corrected chi connectivity index (χ3v) is 5.67. The first-order valence-corrected chi connectivity index (χ1v) is 9.64. The van der Waals surface area contributed by atoms with E-state index in [0.717, 1.165) is 29.5 Å². The molecule has 1 fully saturated rings. The van der Waals surface area contributed by atoms with Gasteiger partial charge in [0.15, 0.2) is 0 Å². The van der Waals surface area contributed by atoms with Crippen molar-refractivity contribution in [3.8, 4) is 6.01 Å². The second-order valence-electron chi connectivity index (χ2n) is 7.05. The van der Waals surface area contributed by atoms with Crippen LogP contribution in [-0.4, -0.2) is 27.7 Å². The van der Waals surface area contributed by atoms with Crippen molar-refractivity contribution in [1.29, 1.82) is 0 Å². The lowest BCUT2D eigenvalue weighted by molar-refractivity contribution is 0.115. The Bertz CT molecular complexity index is 1260. The molecule has 2 heterocycles. The van der Waals surface area contributed by atoms with Crippen LogP contribution >= 0.6 is 0 Å². The summed E-state index contributed by atoms with van der Waals surface area (Å²) in [6.07, 6.45) is -1.37. The molecule has 0 atom stereocenters. The van der Waals surface area contributed by atoms with Crippen molar-refractivity contribution in [3.05, 3.63) is 34.3 Å². The first-order valence-electron chi connectivity index (χ1n) is 8.10. The molecule has 0 aliphatic heterocycles. The predicted octanol–water partition coefficient (Wildman–Crippen LogP) is 1.70. The van der Waals surface area contributed by atoms with Crippen LogP contribution in [0.15, 0.2) is 26.2 Å². The maximum absolute atomic E-state index is 14.4. The summed E-state index contributed by atoms with van der Waals surface area (Å²) in [4.78, 5) is 12.1. The summed E-state index contributed by atoms with van der Waals surface area (Å²) in [6, 6.07) is 1.12. The monoisotopic (exact) mass is 417 g/mol. The molecule has 0 radical (unpaired) electrons. The number of aromatic nitrogens is 4. The molecule has 0 bridgehead atoms. The molecule has 4 rings (SSSR count). The van der Waals surface area contributed by atoms with Gasteiger partial charge in [-0.3, -0.25) is 4.57 Å². The number of hydrogen-bond acceptors (Lipinski definition) is 6. The number of primary sulfonamides is 1. The molecule has 2 aromatic heterocycles. The molecule has 0 saturated heterocycles. The lowest BCUT2D eigenvalue weighted by Gasteiger charge is -2.09. The van der Waals surface area contributed by atoms with Crippen LogP contribution in [0.5, 0.6) is 0 Å². The molecule has 13 heteroatoms. The van der Waals surface area contributed by atoms with E-state index in [4.69, 9.17) is 9.56 Å². The first-order chi connectivity index (χ1) is 13.0. The number of sulfonamides is 1. The van der Waals surface area contributed by atoms with Crippen molar-refractivity contribution in [3.63, 3.8) is 0 Å². The third kappa shape index (κ3) is 2.99. The Morgan fingerprint density at radius 1 is 1.29 bits per heavy atom. The van der Waals surface area contributed by atoms with Crippen molar-refractivity contribution in [1.82, 2.24) is 19.3 Å². The second kappa shape index (κ2) is 5.91. The molecule has 1 aliphatic carbocycles. The van der Waals surface area contributed by atoms with Gasteiger partial charge in [0, 0.05) is 12.6 Å². The third-order valence-electron chi connectivity index (χ3n) is 4.74. The Morgan fingerprint density at radius 2 is 1.96 bits per heavy atom. The van der Waals surface area contributed by atoms with E-state index in [1.807, 2.05) is 6.92 Å². The van der Waals surface area contributed by atoms with Crippen LogP contribution in [0.1, 0.15) is 32.1 Å². The van der Waals surface area contributed by atoms with Gasteiger partial charge < -0.3 is 4.42 Å². The molecule has 9 nitrogen and oxygen atoms in total. The van der Waals surface area contributed by atoms with Gasteiger partial charge in [0.2, 0.25) is 10.0 Å². The lowest BCUT2D eigenvalue weighted by atomic mass is 10.1. The van der Waals surface area contributed by atoms with E-state index in [2.05, 4.69) is 10.2 Å². The maximum Gasteiger partial charge on any atom is 0.337 e. The highest BCUT2D eigenvalue weighted by atomic mass is 32.2. The van der Waals surface area contributed by atoms with Crippen molar-refractivity contribution in [2.24, 2.45) is 10.6 Å². The van der Waals surface area contributed by atoms with Gasteiger partial charge in [0.25, 0.3) is 5.89 Å². The van der Waals surface area contributed by atoms with Crippen LogP contribution in [0.4, 0.5) is 13.2 Å². The quantitative estimate of drug-likeness (QED) is 0.673. The fourth-order valence-electron chi connectivity index (χ4n) is 2.97. The van der Waals surface area contributed by atoms with Crippen LogP contribution in [0.2, 0.25) is 0 Å². The molecule has 28 heavy (non-hydrogen) atoms.